The molecule has 3 rings (SSSR count). The largest absolute Gasteiger partial charge is 0.380 e. The number of carbonyl (C=O) groups excluding carboxylic acids is 1. The molecule has 2 aromatic rings. The van der Waals surface area contributed by atoms with Gasteiger partial charge in [0.15, 0.2) is 5.78 Å². The highest BCUT2D eigenvalue weighted by Crippen LogP contribution is 2.29. The average Bonchev–Trinajstić information content (AvgIpc) is 2.92. The van der Waals surface area contributed by atoms with Gasteiger partial charge in [0.05, 0.1) is 0 Å². The van der Waals surface area contributed by atoms with Crippen molar-refractivity contribution in [1.82, 2.24) is 4.98 Å². The molecule has 1 aromatic carbocycles. The molecule has 3 heteroatoms. The van der Waals surface area contributed by atoms with Gasteiger partial charge >= 0.3 is 0 Å². The van der Waals surface area contributed by atoms with Crippen LogP contribution in [0.5, 0.6) is 0 Å². The van der Waals surface area contributed by atoms with Gasteiger partial charge in [-0.2, -0.15) is 0 Å². The predicted molar refractivity (Wildman–Crippen MR) is 98.4 cm³/mol. The number of benzene rings is 1. The highest BCUT2D eigenvalue weighted by atomic mass is 16.3. The molecule has 0 saturated carbocycles. The molecule has 0 aliphatic heterocycles. The van der Waals surface area contributed by atoms with Crippen molar-refractivity contribution in [3.05, 3.63) is 95.9 Å². The van der Waals surface area contributed by atoms with Crippen molar-refractivity contribution in [2.45, 2.75) is 12.0 Å². The van der Waals surface area contributed by atoms with Crippen LogP contribution in [0.3, 0.4) is 0 Å². The summed E-state index contributed by atoms with van der Waals surface area (Å²) in [5.41, 5.74) is 0.777. The van der Waals surface area contributed by atoms with E-state index in [1.807, 2.05) is 42.5 Å². The van der Waals surface area contributed by atoms with Gasteiger partial charge in [0, 0.05) is 30.0 Å². The molecule has 3 nitrogen and oxygen atoms in total. The number of rotatable bonds is 3. The van der Waals surface area contributed by atoms with E-state index in [-0.39, 0.29) is 12.2 Å². The van der Waals surface area contributed by atoms with E-state index in [0.29, 0.717) is 5.57 Å². The van der Waals surface area contributed by atoms with Crippen molar-refractivity contribution >= 4 is 11.9 Å². The Morgan fingerprint density at radius 2 is 2.00 bits per heavy atom. The second-order valence-corrected chi connectivity index (χ2v) is 5.69. The van der Waals surface area contributed by atoms with Crippen LogP contribution in [0.1, 0.15) is 17.5 Å². The van der Waals surface area contributed by atoms with E-state index in [0.717, 1.165) is 11.1 Å². The molecule has 1 heterocycles. The smallest absolute Gasteiger partial charge is 0.184 e. The average molecular weight is 327 g/mol. The van der Waals surface area contributed by atoms with Crippen LogP contribution in [-0.2, 0) is 4.79 Å². The molecule has 1 unspecified atom stereocenters. The van der Waals surface area contributed by atoms with Crippen LogP contribution in [0, 0.1) is 11.8 Å². The summed E-state index contributed by atoms with van der Waals surface area (Å²) >= 11 is 0. The minimum Gasteiger partial charge on any atom is -0.380 e. The van der Waals surface area contributed by atoms with Gasteiger partial charge in [-0.25, -0.2) is 0 Å². The maximum Gasteiger partial charge on any atom is 0.184 e. The maximum atomic E-state index is 12.1. The third-order valence-electron chi connectivity index (χ3n) is 3.85. The fourth-order valence-corrected chi connectivity index (χ4v) is 2.52. The topological polar surface area (TPSA) is 50.2 Å². The van der Waals surface area contributed by atoms with Gasteiger partial charge in [-0.1, -0.05) is 60.4 Å². The van der Waals surface area contributed by atoms with E-state index < -0.39 is 5.60 Å². The zero-order valence-electron chi connectivity index (χ0n) is 13.6. The molecule has 0 radical (unpaired) electrons. The van der Waals surface area contributed by atoms with Crippen molar-refractivity contribution in [2.24, 2.45) is 0 Å². The van der Waals surface area contributed by atoms with E-state index in [1.165, 1.54) is 12.2 Å². The summed E-state index contributed by atoms with van der Waals surface area (Å²) in [5, 5.41) is 10.8. The van der Waals surface area contributed by atoms with E-state index in [9.17, 15) is 9.90 Å². The zero-order chi connectivity index (χ0) is 17.5. The molecule has 1 N–H and O–H groups in total. The molecule has 0 spiro atoms. The number of aromatic nitrogens is 1. The fraction of sp³-hybridized carbons (Fsp3) is 0.0909. The molecule has 122 valence electrons. The first kappa shape index (κ1) is 16.6. The maximum absolute atomic E-state index is 12.1. The Morgan fingerprint density at radius 1 is 1.16 bits per heavy atom. The number of carbonyl (C=O) groups is 1. The van der Waals surface area contributed by atoms with Gasteiger partial charge < -0.3 is 5.11 Å². The second kappa shape index (κ2) is 7.57. The monoisotopic (exact) mass is 327 g/mol. The third-order valence-corrected chi connectivity index (χ3v) is 3.85. The number of hydrogen-bond acceptors (Lipinski definition) is 3. The van der Waals surface area contributed by atoms with Crippen LogP contribution < -0.4 is 0 Å². The summed E-state index contributed by atoms with van der Waals surface area (Å²) < 4.78 is 0. The lowest BCUT2D eigenvalue weighted by atomic mass is 9.92. The molecule has 1 aliphatic carbocycles. The highest BCUT2D eigenvalue weighted by Gasteiger charge is 2.36. The molecule has 0 bridgehead atoms. The third kappa shape index (κ3) is 4.20. The SMILES string of the molecule is O=C1C=CC(O)(CC#Cc2cccnc2)/C1=C\C=C\c1ccccc1. The molecular weight excluding hydrogens is 310 g/mol. The predicted octanol–water partition coefficient (Wildman–Crippen LogP) is 3.33. The molecule has 1 aliphatic rings. The highest BCUT2D eigenvalue weighted by molar-refractivity contribution is 6.09. The minimum absolute atomic E-state index is 0.148. The normalized spacial score (nSPS) is 20.8. The summed E-state index contributed by atoms with van der Waals surface area (Å²) in [6.45, 7) is 0. The van der Waals surface area contributed by atoms with Gasteiger partial charge in [0.2, 0.25) is 0 Å². The Balaban J connectivity index is 1.76. The van der Waals surface area contributed by atoms with Crippen molar-refractivity contribution in [3.63, 3.8) is 0 Å². The lowest BCUT2D eigenvalue weighted by Crippen LogP contribution is -2.27. The lowest BCUT2D eigenvalue weighted by molar-refractivity contribution is -0.112. The van der Waals surface area contributed by atoms with Crippen LogP contribution in [-0.4, -0.2) is 21.5 Å². The molecule has 0 fully saturated rings. The molecular formula is C22H17NO2. The summed E-state index contributed by atoms with van der Waals surface area (Å²) in [4.78, 5) is 16.1. The molecule has 1 atom stereocenters. The van der Waals surface area contributed by atoms with Crippen LogP contribution >= 0.6 is 0 Å². The Kier molecular flexibility index (Phi) is 5.03. The Hall–Kier alpha value is -3.22. The summed E-state index contributed by atoms with van der Waals surface area (Å²) in [5.74, 6) is 5.69. The summed E-state index contributed by atoms with van der Waals surface area (Å²) in [6.07, 6.45) is 11.7. The number of ketones is 1. The summed E-state index contributed by atoms with van der Waals surface area (Å²) in [7, 11) is 0. The van der Waals surface area contributed by atoms with Gasteiger partial charge in [-0.3, -0.25) is 9.78 Å². The standard InChI is InChI=1S/C22H17NO2/c24-21-13-15-22(25,14-5-10-19-11-6-16-23-17-19)20(21)12-4-9-18-7-2-1-3-8-18/h1-4,6-9,11-13,15-17,25H,14H2/b9-4+,20-12-. The number of hydrogen-bond donors (Lipinski definition) is 1. The van der Waals surface area contributed by atoms with Crippen LogP contribution in [0.15, 0.2) is 84.7 Å². The fourth-order valence-electron chi connectivity index (χ4n) is 2.52. The van der Waals surface area contributed by atoms with Gasteiger partial charge in [-0.15, -0.1) is 0 Å². The first-order valence-corrected chi connectivity index (χ1v) is 7.96. The first-order chi connectivity index (χ1) is 12.2. The molecule has 0 saturated heterocycles. The van der Waals surface area contributed by atoms with Gasteiger partial charge in [0.1, 0.15) is 5.60 Å². The summed E-state index contributed by atoms with van der Waals surface area (Å²) in [6, 6.07) is 13.4. The Morgan fingerprint density at radius 3 is 2.76 bits per heavy atom. The van der Waals surface area contributed by atoms with Gasteiger partial charge in [-0.05, 0) is 29.8 Å². The number of allylic oxidation sites excluding steroid dienone is 3. The van der Waals surface area contributed by atoms with Gasteiger partial charge in [0.25, 0.3) is 0 Å². The zero-order valence-corrected chi connectivity index (χ0v) is 13.6. The molecule has 1 aromatic heterocycles. The minimum atomic E-state index is -1.35. The van der Waals surface area contributed by atoms with E-state index in [2.05, 4.69) is 16.8 Å². The van der Waals surface area contributed by atoms with E-state index in [4.69, 9.17) is 0 Å². The van der Waals surface area contributed by atoms with E-state index >= 15 is 0 Å². The van der Waals surface area contributed by atoms with Crippen molar-refractivity contribution in [3.8, 4) is 11.8 Å². The molecule has 0 amide bonds. The lowest BCUT2D eigenvalue weighted by Gasteiger charge is -2.19. The number of nitrogens with zero attached hydrogens (tertiary/aromatic N) is 1. The van der Waals surface area contributed by atoms with Crippen molar-refractivity contribution in [2.75, 3.05) is 0 Å². The molecule has 25 heavy (non-hydrogen) atoms. The van der Waals surface area contributed by atoms with Crippen molar-refractivity contribution in [1.29, 1.82) is 0 Å². The van der Waals surface area contributed by atoms with Crippen LogP contribution in [0.4, 0.5) is 0 Å². The second-order valence-electron chi connectivity index (χ2n) is 5.69. The Labute approximate surface area is 147 Å². The van der Waals surface area contributed by atoms with Crippen LogP contribution in [0.2, 0.25) is 0 Å². The first-order valence-electron chi connectivity index (χ1n) is 7.96. The quantitative estimate of drug-likeness (QED) is 0.695. The Bertz CT molecular complexity index is 899. The number of pyridine rings is 1. The number of aliphatic hydroxyl groups is 1. The van der Waals surface area contributed by atoms with Crippen molar-refractivity contribution < 1.29 is 9.90 Å². The van der Waals surface area contributed by atoms with E-state index in [1.54, 1.807) is 30.6 Å². The van der Waals surface area contributed by atoms with Crippen LogP contribution in [0.25, 0.3) is 6.08 Å².